The van der Waals surface area contributed by atoms with Crippen molar-refractivity contribution < 1.29 is 4.74 Å². The van der Waals surface area contributed by atoms with Crippen LogP contribution in [0.5, 0.6) is 0 Å². The first-order valence-electron chi connectivity index (χ1n) is 7.94. The summed E-state index contributed by atoms with van der Waals surface area (Å²) in [5.74, 6) is 0.873. The van der Waals surface area contributed by atoms with E-state index in [-0.39, 0.29) is 0 Å². The van der Waals surface area contributed by atoms with Gasteiger partial charge in [-0.1, -0.05) is 12.8 Å². The summed E-state index contributed by atoms with van der Waals surface area (Å²) in [6, 6.07) is 0.534. The Hall–Kier alpha value is -1.69. The van der Waals surface area contributed by atoms with E-state index in [1.54, 1.807) is 6.33 Å². The summed E-state index contributed by atoms with van der Waals surface area (Å²) in [5.41, 5.74) is 1.78. The van der Waals surface area contributed by atoms with Gasteiger partial charge in [-0.05, 0) is 25.7 Å². The molecule has 0 bridgehead atoms. The number of ether oxygens (including phenoxy) is 1. The largest absolute Gasteiger partial charge is 0.376 e. The molecule has 6 nitrogen and oxygen atoms in total. The van der Waals surface area contributed by atoms with Crippen LogP contribution in [0.15, 0.2) is 12.7 Å². The van der Waals surface area contributed by atoms with Crippen molar-refractivity contribution in [2.24, 2.45) is 0 Å². The summed E-state index contributed by atoms with van der Waals surface area (Å²) >= 11 is 0. The van der Waals surface area contributed by atoms with Gasteiger partial charge in [0.15, 0.2) is 11.5 Å². The molecule has 2 fully saturated rings. The van der Waals surface area contributed by atoms with Crippen molar-refractivity contribution in [3.8, 4) is 0 Å². The molecule has 1 saturated carbocycles. The minimum Gasteiger partial charge on any atom is -0.376 e. The van der Waals surface area contributed by atoms with Crippen LogP contribution in [0.3, 0.4) is 0 Å². The predicted molar refractivity (Wildman–Crippen MR) is 80.2 cm³/mol. The van der Waals surface area contributed by atoms with E-state index in [0.29, 0.717) is 12.1 Å². The maximum Gasteiger partial charge on any atom is 0.165 e. The molecule has 21 heavy (non-hydrogen) atoms. The number of imidazole rings is 1. The molecule has 1 saturated heterocycles. The Morgan fingerprint density at radius 2 is 2.05 bits per heavy atom. The van der Waals surface area contributed by atoms with Crippen LogP contribution in [0.25, 0.3) is 11.2 Å². The van der Waals surface area contributed by atoms with Crippen molar-refractivity contribution in [3.63, 3.8) is 0 Å². The van der Waals surface area contributed by atoms with E-state index in [0.717, 1.165) is 43.0 Å². The monoisotopic (exact) mass is 287 g/mol. The number of hydrogen-bond acceptors (Lipinski definition) is 5. The molecule has 112 valence electrons. The second kappa shape index (κ2) is 5.60. The number of fused-ring (bicyclic) bond motifs is 1. The first-order chi connectivity index (χ1) is 10.4. The van der Waals surface area contributed by atoms with Crippen molar-refractivity contribution in [2.45, 2.75) is 57.2 Å². The molecule has 0 radical (unpaired) electrons. The molecule has 2 aromatic rings. The number of nitrogens with zero attached hydrogens (tertiary/aromatic N) is 4. The zero-order chi connectivity index (χ0) is 14.1. The van der Waals surface area contributed by atoms with Crippen LogP contribution < -0.4 is 5.32 Å². The maximum absolute atomic E-state index is 5.71. The Morgan fingerprint density at radius 1 is 1.14 bits per heavy atom. The molecule has 1 N–H and O–H groups in total. The molecule has 0 aromatic carbocycles. The lowest BCUT2D eigenvalue weighted by Gasteiger charge is -2.13. The van der Waals surface area contributed by atoms with Gasteiger partial charge in [0.05, 0.1) is 19.0 Å². The highest BCUT2D eigenvalue weighted by Crippen LogP contribution is 2.25. The molecular formula is C15H21N5O. The summed E-state index contributed by atoms with van der Waals surface area (Å²) < 4.78 is 7.80. The van der Waals surface area contributed by atoms with Crippen LogP contribution in [-0.2, 0) is 11.3 Å². The third kappa shape index (κ3) is 2.60. The normalized spacial score (nSPS) is 23.1. The summed E-state index contributed by atoms with van der Waals surface area (Å²) in [6.45, 7) is 1.71. The summed E-state index contributed by atoms with van der Waals surface area (Å²) in [4.78, 5) is 13.3. The van der Waals surface area contributed by atoms with Crippen molar-refractivity contribution in [1.82, 2.24) is 19.5 Å². The van der Waals surface area contributed by atoms with E-state index < -0.39 is 0 Å². The van der Waals surface area contributed by atoms with E-state index in [1.807, 2.05) is 6.33 Å². The summed E-state index contributed by atoms with van der Waals surface area (Å²) in [7, 11) is 0. The highest BCUT2D eigenvalue weighted by Gasteiger charge is 2.20. The third-order valence-corrected chi connectivity index (χ3v) is 4.52. The van der Waals surface area contributed by atoms with Gasteiger partial charge in [-0.15, -0.1) is 0 Å². The Kier molecular flexibility index (Phi) is 3.47. The molecule has 1 aliphatic carbocycles. The second-order valence-electron chi connectivity index (χ2n) is 6.05. The maximum atomic E-state index is 5.71. The number of hydrogen-bond donors (Lipinski definition) is 1. The zero-order valence-corrected chi connectivity index (χ0v) is 12.2. The van der Waals surface area contributed by atoms with Gasteiger partial charge in [0.25, 0.3) is 0 Å². The van der Waals surface area contributed by atoms with Gasteiger partial charge in [0, 0.05) is 12.6 Å². The molecule has 2 aliphatic rings. The van der Waals surface area contributed by atoms with Gasteiger partial charge in [-0.25, -0.2) is 15.0 Å². The highest BCUT2D eigenvalue weighted by molar-refractivity contribution is 5.82. The number of rotatable bonds is 4. The lowest BCUT2D eigenvalue weighted by Crippen LogP contribution is -2.16. The topological polar surface area (TPSA) is 64.9 Å². The highest BCUT2D eigenvalue weighted by atomic mass is 16.5. The molecular weight excluding hydrogens is 266 g/mol. The van der Waals surface area contributed by atoms with Crippen molar-refractivity contribution in [1.29, 1.82) is 0 Å². The average molecular weight is 287 g/mol. The van der Waals surface area contributed by atoms with E-state index in [1.165, 1.54) is 25.7 Å². The van der Waals surface area contributed by atoms with Crippen LogP contribution in [-0.4, -0.2) is 38.3 Å². The van der Waals surface area contributed by atoms with E-state index in [4.69, 9.17) is 4.74 Å². The average Bonchev–Trinajstić information content (AvgIpc) is 3.22. The Morgan fingerprint density at radius 3 is 2.86 bits per heavy atom. The van der Waals surface area contributed by atoms with Gasteiger partial charge in [-0.3, -0.25) is 0 Å². The van der Waals surface area contributed by atoms with Crippen LogP contribution in [0.4, 0.5) is 5.82 Å². The molecule has 1 unspecified atom stereocenters. The van der Waals surface area contributed by atoms with Crippen molar-refractivity contribution in [2.75, 3.05) is 11.9 Å². The lowest BCUT2D eigenvalue weighted by atomic mass is 10.2. The fraction of sp³-hybridized carbons (Fsp3) is 0.667. The molecule has 1 aliphatic heterocycles. The first kappa shape index (κ1) is 13.0. The van der Waals surface area contributed by atoms with E-state index >= 15 is 0 Å². The molecule has 0 spiro atoms. The quantitative estimate of drug-likeness (QED) is 0.935. The second-order valence-corrected chi connectivity index (χ2v) is 6.05. The van der Waals surface area contributed by atoms with Gasteiger partial charge in [0.2, 0.25) is 0 Å². The van der Waals surface area contributed by atoms with E-state index in [2.05, 4.69) is 24.8 Å². The Balaban J connectivity index is 1.59. The fourth-order valence-corrected chi connectivity index (χ4v) is 3.39. The molecule has 0 amide bonds. The Labute approximate surface area is 123 Å². The van der Waals surface area contributed by atoms with Crippen LogP contribution in [0.2, 0.25) is 0 Å². The van der Waals surface area contributed by atoms with Crippen LogP contribution in [0, 0.1) is 0 Å². The zero-order valence-electron chi connectivity index (χ0n) is 12.2. The molecule has 6 heteroatoms. The summed E-state index contributed by atoms with van der Waals surface area (Å²) in [5, 5.41) is 3.53. The fourth-order valence-electron chi connectivity index (χ4n) is 3.39. The van der Waals surface area contributed by atoms with E-state index in [9.17, 15) is 0 Å². The minimum absolute atomic E-state index is 0.295. The van der Waals surface area contributed by atoms with Gasteiger partial charge < -0.3 is 14.6 Å². The van der Waals surface area contributed by atoms with Crippen LogP contribution >= 0.6 is 0 Å². The molecule has 3 heterocycles. The number of anilines is 1. The SMILES string of the molecule is c1nc(NC2CCCC2)c2ncn(CC3CCCO3)c2n1. The first-order valence-corrected chi connectivity index (χ1v) is 7.94. The lowest BCUT2D eigenvalue weighted by molar-refractivity contribution is 0.0978. The van der Waals surface area contributed by atoms with Gasteiger partial charge in [0.1, 0.15) is 11.8 Å². The number of aromatic nitrogens is 4. The molecule has 4 rings (SSSR count). The molecule has 1 atom stereocenters. The third-order valence-electron chi connectivity index (χ3n) is 4.52. The predicted octanol–water partition coefficient (Wildman–Crippen LogP) is 2.36. The van der Waals surface area contributed by atoms with Crippen LogP contribution in [0.1, 0.15) is 38.5 Å². The van der Waals surface area contributed by atoms with Crippen molar-refractivity contribution in [3.05, 3.63) is 12.7 Å². The van der Waals surface area contributed by atoms with Gasteiger partial charge >= 0.3 is 0 Å². The standard InChI is InChI=1S/C15H21N5O/c1-2-5-11(4-1)19-14-13-15(17-9-16-14)20(10-18-13)8-12-6-3-7-21-12/h9-12H,1-8H2,(H,16,17,19). The Bertz CT molecular complexity index is 614. The summed E-state index contributed by atoms with van der Waals surface area (Å²) in [6.07, 6.45) is 11.1. The van der Waals surface area contributed by atoms with Crippen molar-refractivity contribution >= 4 is 17.0 Å². The smallest absolute Gasteiger partial charge is 0.165 e. The number of nitrogens with one attached hydrogen (secondary N) is 1. The molecule has 2 aromatic heterocycles. The van der Waals surface area contributed by atoms with Gasteiger partial charge in [-0.2, -0.15) is 0 Å². The minimum atomic E-state index is 0.295.